The lowest BCUT2D eigenvalue weighted by Crippen LogP contribution is -2.48. The van der Waals surface area contributed by atoms with Crippen LogP contribution in [-0.4, -0.2) is 42.5 Å². The first kappa shape index (κ1) is 21.7. The summed E-state index contributed by atoms with van der Waals surface area (Å²) in [4.78, 5) is 28.4. The standard InChI is InChI=1S/C20H23N3O3.C2H6/c1-3-14-5-4-6-15(7-14)16-8-18(20(13(2)24)22-9-16)23-19(25)10-21-17-11-26-12-17;1-2/h4-9,17,21H,3,10-12H2,1-2H3,(H,23,25);1-2H3. The topological polar surface area (TPSA) is 80.3 Å². The molecule has 1 aromatic heterocycles. The molecule has 150 valence electrons. The predicted molar refractivity (Wildman–Crippen MR) is 112 cm³/mol. The summed E-state index contributed by atoms with van der Waals surface area (Å²) in [6.45, 7) is 8.95. The van der Waals surface area contributed by atoms with E-state index >= 15 is 0 Å². The number of ether oxygens (including phenoxy) is 1. The number of hydrogen-bond donors (Lipinski definition) is 2. The van der Waals surface area contributed by atoms with E-state index in [1.807, 2.05) is 32.0 Å². The van der Waals surface area contributed by atoms with Crippen LogP contribution in [0.3, 0.4) is 0 Å². The van der Waals surface area contributed by atoms with Gasteiger partial charge in [-0.1, -0.05) is 45.0 Å². The van der Waals surface area contributed by atoms with E-state index in [1.54, 1.807) is 6.20 Å². The van der Waals surface area contributed by atoms with Crippen LogP contribution in [0.15, 0.2) is 36.5 Å². The summed E-state index contributed by atoms with van der Waals surface area (Å²) in [7, 11) is 0. The highest BCUT2D eigenvalue weighted by Gasteiger charge is 2.19. The zero-order chi connectivity index (χ0) is 20.5. The molecule has 0 atom stereocenters. The maximum atomic E-state index is 12.2. The van der Waals surface area contributed by atoms with Gasteiger partial charge in [-0.05, 0) is 23.6 Å². The molecule has 1 aromatic carbocycles. The SMILES string of the molecule is CC.CCc1cccc(-c2cnc(C(C)=O)c(NC(=O)CNC3COC3)c2)c1. The molecule has 0 unspecified atom stereocenters. The van der Waals surface area contributed by atoms with E-state index < -0.39 is 0 Å². The summed E-state index contributed by atoms with van der Waals surface area (Å²) in [6.07, 6.45) is 2.61. The van der Waals surface area contributed by atoms with Gasteiger partial charge in [0.05, 0.1) is 31.5 Å². The van der Waals surface area contributed by atoms with Gasteiger partial charge in [0, 0.05) is 18.7 Å². The average Bonchev–Trinajstić information content (AvgIpc) is 2.68. The molecule has 1 amide bonds. The van der Waals surface area contributed by atoms with E-state index in [9.17, 15) is 9.59 Å². The van der Waals surface area contributed by atoms with Crippen LogP contribution in [0.2, 0.25) is 0 Å². The number of amides is 1. The molecule has 1 fully saturated rings. The highest BCUT2D eigenvalue weighted by atomic mass is 16.5. The summed E-state index contributed by atoms with van der Waals surface area (Å²) in [5.74, 6) is -0.393. The average molecular weight is 383 g/mol. The number of carbonyl (C=O) groups excluding carboxylic acids is 2. The third kappa shape index (κ3) is 5.71. The number of anilines is 1. The van der Waals surface area contributed by atoms with Crippen LogP contribution in [-0.2, 0) is 16.0 Å². The monoisotopic (exact) mass is 383 g/mol. The van der Waals surface area contributed by atoms with Gasteiger partial charge < -0.3 is 15.4 Å². The molecule has 0 aliphatic carbocycles. The van der Waals surface area contributed by atoms with Gasteiger partial charge in [0.2, 0.25) is 5.91 Å². The molecule has 2 N–H and O–H groups in total. The summed E-state index contributed by atoms with van der Waals surface area (Å²) >= 11 is 0. The second kappa shape index (κ2) is 10.7. The molecule has 2 heterocycles. The summed E-state index contributed by atoms with van der Waals surface area (Å²) < 4.78 is 5.07. The smallest absolute Gasteiger partial charge is 0.238 e. The Morgan fingerprint density at radius 3 is 2.54 bits per heavy atom. The van der Waals surface area contributed by atoms with Crippen molar-refractivity contribution in [2.24, 2.45) is 0 Å². The molecule has 0 radical (unpaired) electrons. The molecule has 28 heavy (non-hydrogen) atoms. The van der Waals surface area contributed by atoms with Crippen LogP contribution in [0.5, 0.6) is 0 Å². The van der Waals surface area contributed by atoms with Gasteiger partial charge >= 0.3 is 0 Å². The van der Waals surface area contributed by atoms with Gasteiger partial charge in [0.1, 0.15) is 5.69 Å². The van der Waals surface area contributed by atoms with E-state index in [0.717, 1.165) is 17.5 Å². The molecular weight excluding hydrogens is 354 g/mol. The first-order valence-corrected chi connectivity index (χ1v) is 9.78. The molecule has 0 bridgehead atoms. The van der Waals surface area contributed by atoms with E-state index in [-0.39, 0.29) is 30.0 Å². The Morgan fingerprint density at radius 2 is 1.93 bits per heavy atom. The molecule has 1 aliphatic heterocycles. The third-order valence-corrected chi connectivity index (χ3v) is 4.35. The van der Waals surface area contributed by atoms with Crippen LogP contribution >= 0.6 is 0 Å². The molecule has 0 spiro atoms. The summed E-state index contributed by atoms with van der Waals surface area (Å²) in [6, 6.07) is 10.2. The number of aromatic nitrogens is 1. The van der Waals surface area contributed by atoms with E-state index in [0.29, 0.717) is 18.9 Å². The Bertz CT molecular complexity index is 816. The minimum Gasteiger partial charge on any atom is -0.378 e. The van der Waals surface area contributed by atoms with Crippen molar-refractivity contribution in [3.05, 3.63) is 47.8 Å². The number of carbonyl (C=O) groups is 2. The van der Waals surface area contributed by atoms with E-state index in [1.165, 1.54) is 12.5 Å². The van der Waals surface area contributed by atoms with Crippen LogP contribution in [0.25, 0.3) is 11.1 Å². The summed E-state index contributed by atoms with van der Waals surface area (Å²) in [5, 5.41) is 5.92. The Morgan fingerprint density at radius 1 is 1.18 bits per heavy atom. The third-order valence-electron chi connectivity index (χ3n) is 4.35. The predicted octanol–water partition coefficient (Wildman–Crippen LogP) is 3.47. The second-order valence-corrected chi connectivity index (χ2v) is 6.39. The number of Topliss-reactive ketones (excluding diaryl/α,β-unsaturated/α-hetero) is 1. The van der Waals surface area contributed by atoms with Crippen LogP contribution in [0, 0.1) is 0 Å². The Hall–Kier alpha value is -2.57. The zero-order valence-corrected chi connectivity index (χ0v) is 17.0. The number of nitrogens with zero attached hydrogens (tertiary/aromatic N) is 1. The largest absolute Gasteiger partial charge is 0.378 e. The molecular formula is C22H29N3O3. The number of rotatable bonds is 7. The van der Waals surface area contributed by atoms with Gasteiger partial charge in [0.25, 0.3) is 0 Å². The molecule has 3 rings (SSSR count). The number of nitrogens with one attached hydrogen (secondary N) is 2. The van der Waals surface area contributed by atoms with Gasteiger partial charge in [-0.25, -0.2) is 0 Å². The number of aryl methyl sites for hydroxylation is 1. The lowest BCUT2D eigenvalue weighted by molar-refractivity contribution is -0.116. The Kier molecular flexibility index (Phi) is 8.29. The Labute approximate surface area is 166 Å². The van der Waals surface area contributed by atoms with Crippen LogP contribution in [0.1, 0.15) is 43.7 Å². The van der Waals surface area contributed by atoms with Crippen molar-refractivity contribution in [3.8, 4) is 11.1 Å². The number of hydrogen-bond acceptors (Lipinski definition) is 5. The highest BCUT2D eigenvalue weighted by Crippen LogP contribution is 2.25. The maximum absolute atomic E-state index is 12.2. The van der Waals surface area contributed by atoms with Crippen molar-refractivity contribution in [1.29, 1.82) is 0 Å². The van der Waals surface area contributed by atoms with E-state index in [2.05, 4.69) is 34.7 Å². The molecule has 0 saturated carbocycles. The van der Waals surface area contributed by atoms with Crippen molar-refractivity contribution in [2.75, 3.05) is 25.1 Å². The second-order valence-electron chi connectivity index (χ2n) is 6.39. The van der Waals surface area contributed by atoms with Crippen molar-refractivity contribution < 1.29 is 14.3 Å². The fourth-order valence-electron chi connectivity index (χ4n) is 2.75. The van der Waals surface area contributed by atoms with Gasteiger partial charge in [-0.15, -0.1) is 0 Å². The van der Waals surface area contributed by atoms with Crippen molar-refractivity contribution in [3.63, 3.8) is 0 Å². The number of pyridine rings is 1. The van der Waals surface area contributed by atoms with Gasteiger partial charge in [-0.2, -0.15) is 0 Å². The molecule has 2 aromatic rings. The van der Waals surface area contributed by atoms with Crippen molar-refractivity contribution >= 4 is 17.4 Å². The summed E-state index contributed by atoms with van der Waals surface area (Å²) in [5.41, 5.74) is 3.79. The fourth-order valence-corrected chi connectivity index (χ4v) is 2.75. The Balaban J connectivity index is 0.00000136. The quantitative estimate of drug-likeness (QED) is 0.716. The van der Waals surface area contributed by atoms with Crippen LogP contribution < -0.4 is 10.6 Å². The zero-order valence-electron chi connectivity index (χ0n) is 17.0. The number of ketones is 1. The lowest BCUT2D eigenvalue weighted by atomic mass is 10.0. The molecule has 1 saturated heterocycles. The van der Waals surface area contributed by atoms with Crippen molar-refractivity contribution in [2.45, 2.75) is 40.2 Å². The first-order valence-electron chi connectivity index (χ1n) is 9.78. The van der Waals surface area contributed by atoms with Crippen LogP contribution in [0.4, 0.5) is 5.69 Å². The minimum atomic E-state index is -0.208. The normalized spacial score (nSPS) is 13.1. The molecule has 1 aliphatic rings. The molecule has 6 nitrogen and oxygen atoms in total. The minimum absolute atomic E-state index is 0.168. The van der Waals surface area contributed by atoms with Gasteiger partial charge in [0.15, 0.2) is 5.78 Å². The van der Waals surface area contributed by atoms with Crippen molar-refractivity contribution in [1.82, 2.24) is 10.3 Å². The first-order chi connectivity index (χ1) is 13.6. The molecule has 6 heteroatoms. The van der Waals surface area contributed by atoms with Gasteiger partial charge in [-0.3, -0.25) is 14.6 Å². The lowest BCUT2D eigenvalue weighted by Gasteiger charge is -2.26. The van der Waals surface area contributed by atoms with E-state index in [4.69, 9.17) is 4.74 Å². The maximum Gasteiger partial charge on any atom is 0.238 e. The number of benzene rings is 1. The highest BCUT2D eigenvalue weighted by molar-refractivity contribution is 6.03. The fraction of sp³-hybridized carbons (Fsp3) is 0.409.